The molecular formula is C13H11N3O. The molecule has 0 aliphatic carbocycles. The van der Waals surface area contributed by atoms with Gasteiger partial charge in [0.15, 0.2) is 0 Å². The van der Waals surface area contributed by atoms with Crippen molar-refractivity contribution in [3.05, 3.63) is 48.8 Å². The molecule has 1 aromatic carbocycles. The van der Waals surface area contributed by atoms with E-state index in [1.54, 1.807) is 12.1 Å². The Labute approximate surface area is 98.0 Å². The maximum absolute atomic E-state index is 9.84. The van der Waals surface area contributed by atoms with E-state index >= 15 is 0 Å². The molecule has 2 aromatic heterocycles. The molecule has 3 rings (SSSR count). The van der Waals surface area contributed by atoms with Crippen LogP contribution in [-0.2, 0) is 0 Å². The highest BCUT2D eigenvalue weighted by atomic mass is 16.3. The third kappa shape index (κ3) is 1.59. The fraction of sp³-hybridized carbons (Fsp3) is 0. The molecule has 17 heavy (non-hydrogen) atoms. The van der Waals surface area contributed by atoms with Crippen molar-refractivity contribution in [2.24, 2.45) is 0 Å². The summed E-state index contributed by atoms with van der Waals surface area (Å²) < 4.78 is 1.91. The van der Waals surface area contributed by atoms with Crippen molar-refractivity contribution >= 4 is 11.3 Å². The largest absolute Gasteiger partial charge is 0.507 e. The van der Waals surface area contributed by atoms with E-state index in [4.69, 9.17) is 5.73 Å². The van der Waals surface area contributed by atoms with Crippen molar-refractivity contribution in [2.75, 3.05) is 5.73 Å². The van der Waals surface area contributed by atoms with Crippen molar-refractivity contribution in [3.63, 3.8) is 0 Å². The van der Waals surface area contributed by atoms with Crippen LogP contribution in [0.4, 0.5) is 5.69 Å². The number of aromatic nitrogens is 2. The van der Waals surface area contributed by atoms with Gasteiger partial charge in [-0.05, 0) is 24.3 Å². The molecule has 0 aliphatic rings. The molecule has 0 atom stereocenters. The van der Waals surface area contributed by atoms with Crippen LogP contribution >= 0.6 is 0 Å². The Morgan fingerprint density at radius 3 is 2.82 bits per heavy atom. The summed E-state index contributed by atoms with van der Waals surface area (Å²) in [5.41, 5.74) is 8.39. The van der Waals surface area contributed by atoms with Gasteiger partial charge in [-0.1, -0.05) is 6.07 Å². The number of nitrogens with two attached hydrogens (primary N) is 1. The number of phenolic OH excluding ortho intramolecular Hbond substituents is 1. The zero-order valence-corrected chi connectivity index (χ0v) is 9.04. The van der Waals surface area contributed by atoms with Crippen LogP contribution in [0, 0.1) is 0 Å². The fourth-order valence-electron chi connectivity index (χ4n) is 1.83. The van der Waals surface area contributed by atoms with E-state index in [1.807, 2.05) is 35.0 Å². The Balaban J connectivity index is 2.20. The van der Waals surface area contributed by atoms with Gasteiger partial charge in [0.05, 0.1) is 5.69 Å². The summed E-state index contributed by atoms with van der Waals surface area (Å²) in [6.07, 6.45) is 3.79. The first-order valence-corrected chi connectivity index (χ1v) is 5.26. The van der Waals surface area contributed by atoms with E-state index < -0.39 is 0 Å². The number of nitrogens with zero attached hydrogens (tertiary/aromatic N) is 2. The Bertz CT molecular complexity index is 655. The lowest BCUT2D eigenvalue weighted by molar-refractivity contribution is 0.477. The smallest absolute Gasteiger partial charge is 0.137 e. The number of benzene rings is 1. The van der Waals surface area contributed by atoms with Crippen molar-refractivity contribution < 1.29 is 5.11 Å². The quantitative estimate of drug-likeness (QED) is 0.624. The summed E-state index contributed by atoms with van der Waals surface area (Å²) in [5.74, 6) is 0.147. The number of nitrogen functional groups attached to an aromatic ring is 1. The third-order valence-corrected chi connectivity index (χ3v) is 2.66. The van der Waals surface area contributed by atoms with Gasteiger partial charge >= 0.3 is 0 Å². The Kier molecular flexibility index (Phi) is 2.01. The van der Waals surface area contributed by atoms with E-state index in [1.165, 1.54) is 6.07 Å². The van der Waals surface area contributed by atoms with Crippen molar-refractivity contribution in [3.8, 4) is 17.0 Å². The molecule has 3 N–H and O–H groups in total. The van der Waals surface area contributed by atoms with Gasteiger partial charge < -0.3 is 15.2 Å². The van der Waals surface area contributed by atoms with Gasteiger partial charge in [0.25, 0.3) is 0 Å². The highest BCUT2D eigenvalue weighted by Gasteiger charge is 2.08. The molecule has 3 aromatic rings. The molecule has 0 spiro atoms. The predicted molar refractivity (Wildman–Crippen MR) is 66.7 cm³/mol. The van der Waals surface area contributed by atoms with Crippen LogP contribution in [0.1, 0.15) is 0 Å². The second-order valence-electron chi connectivity index (χ2n) is 3.87. The van der Waals surface area contributed by atoms with Crippen molar-refractivity contribution in [2.45, 2.75) is 0 Å². The molecule has 0 unspecified atom stereocenters. The SMILES string of the molecule is Nc1ccc(-c2cn3ccccc3n2)c(O)c1. The predicted octanol–water partition coefficient (Wildman–Crippen LogP) is 2.29. The summed E-state index contributed by atoms with van der Waals surface area (Å²) in [5, 5.41) is 9.84. The van der Waals surface area contributed by atoms with Gasteiger partial charge in [-0.25, -0.2) is 4.98 Å². The van der Waals surface area contributed by atoms with E-state index in [-0.39, 0.29) is 5.75 Å². The lowest BCUT2D eigenvalue weighted by atomic mass is 10.1. The lowest BCUT2D eigenvalue weighted by Crippen LogP contribution is -1.85. The summed E-state index contributed by atoms with van der Waals surface area (Å²) >= 11 is 0. The first-order chi connectivity index (χ1) is 8.24. The number of aromatic hydroxyl groups is 1. The number of anilines is 1. The van der Waals surface area contributed by atoms with Gasteiger partial charge in [0.2, 0.25) is 0 Å². The molecule has 0 aliphatic heterocycles. The number of rotatable bonds is 1. The minimum Gasteiger partial charge on any atom is -0.507 e. The fourth-order valence-corrected chi connectivity index (χ4v) is 1.83. The molecule has 0 fully saturated rings. The Morgan fingerprint density at radius 1 is 1.18 bits per heavy atom. The third-order valence-electron chi connectivity index (χ3n) is 2.66. The molecule has 2 heterocycles. The van der Waals surface area contributed by atoms with Crippen LogP contribution < -0.4 is 5.73 Å². The number of phenols is 1. The van der Waals surface area contributed by atoms with Crippen LogP contribution in [0.15, 0.2) is 48.8 Å². The molecule has 0 saturated heterocycles. The molecule has 0 bridgehead atoms. The van der Waals surface area contributed by atoms with Gasteiger partial charge in [0.1, 0.15) is 11.4 Å². The number of hydrogen-bond acceptors (Lipinski definition) is 3. The van der Waals surface area contributed by atoms with Gasteiger partial charge in [-0.3, -0.25) is 0 Å². The van der Waals surface area contributed by atoms with Crippen molar-refractivity contribution in [1.29, 1.82) is 0 Å². The Hall–Kier alpha value is -2.49. The standard InChI is InChI=1S/C13H11N3O/c14-9-4-5-10(12(17)7-9)11-8-16-6-2-1-3-13(16)15-11/h1-8,17H,14H2. The molecule has 0 radical (unpaired) electrons. The zero-order chi connectivity index (χ0) is 11.8. The van der Waals surface area contributed by atoms with E-state index in [0.29, 0.717) is 11.3 Å². The average Bonchev–Trinajstić information content (AvgIpc) is 2.72. The number of pyridine rings is 1. The maximum Gasteiger partial charge on any atom is 0.137 e. The maximum atomic E-state index is 9.84. The molecule has 84 valence electrons. The summed E-state index contributed by atoms with van der Waals surface area (Å²) in [6, 6.07) is 10.8. The average molecular weight is 225 g/mol. The second-order valence-corrected chi connectivity index (χ2v) is 3.87. The topological polar surface area (TPSA) is 63.5 Å². The lowest BCUT2D eigenvalue weighted by Gasteiger charge is -2.01. The molecule has 0 saturated carbocycles. The van der Waals surface area contributed by atoms with Crippen LogP contribution in [0.2, 0.25) is 0 Å². The minimum absolute atomic E-state index is 0.147. The van der Waals surface area contributed by atoms with E-state index in [0.717, 1.165) is 11.3 Å². The van der Waals surface area contributed by atoms with Crippen LogP contribution in [0.5, 0.6) is 5.75 Å². The summed E-state index contributed by atoms with van der Waals surface area (Å²) in [6.45, 7) is 0. The van der Waals surface area contributed by atoms with Crippen LogP contribution in [0.25, 0.3) is 16.9 Å². The molecule has 4 nitrogen and oxygen atoms in total. The van der Waals surface area contributed by atoms with Crippen LogP contribution in [-0.4, -0.2) is 14.5 Å². The number of hydrogen-bond donors (Lipinski definition) is 2. The summed E-state index contributed by atoms with van der Waals surface area (Å²) in [4.78, 5) is 4.44. The van der Waals surface area contributed by atoms with Gasteiger partial charge in [0, 0.05) is 29.7 Å². The van der Waals surface area contributed by atoms with Gasteiger partial charge in [-0.15, -0.1) is 0 Å². The molecular weight excluding hydrogens is 214 g/mol. The second kappa shape index (κ2) is 3.52. The Morgan fingerprint density at radius 2 is 2.06 bits per heavy atom. The molecule has 4 heteroatoms. The summed E-state index contributed by atoms with van der Waals surface area (Å²) in [7, 11) is 0. The minimum atomic E-state index is 0.147. The van der Waals surface area contributed by atoms with Crippen LogP contribution in [0.3, 0.4) is 0 Å². The van der Waals surface area contributed by atoms with Gasteiger partial charge in [-0.2, -0.15) is 0 Å². The van der Waals surface area contributed by atoms with Crippen molar-refractivity contribution in [1.82, 2.24) is 9.38 Å². The zero-order valence-electron chi connectivity index (χ0n) is 9.04. The first-order valence-electron chi connectivity index (χ1n) is 5.26. The number of fused-ring (bicyclic) bond motifs is 1. The monoisotopic (exact) mass is 225 g/mol. The van der Waals surface area contributed by atoms with E-state index in [2.05, 4.69) is 4.98 Å². The number of imidazole rings is 1. The first kappa shape index (κ1) is 9.72. The normalized spacial score (nSPS) is 10.8. The van der Waals surface area contributed by atoms with E-state index in [9.17, 15) is 5.11 Å². The molecule has 0 amide bonds. The highest BCUT2D eigenvalue weighted by Crippen LogP contribution is 2.30. The highest BCUT2D eigenvalue weighted by molar-refractivity contribution is 5.71.